The first-order valence-electron chi connectivity index (χ1n) is 7.18. The van der Waals surface area contributed by atoms with Crippen molar-refractivity contribution in [2.75, 3.05) is 0 Å². The number of hydrogen-bond donors (Lipinski definition) is 0. The van der Waals surface area contributed by atoms with Crippen molar-refractivity contribution >= 4 is 5.78 Å². The first-order chi connectivity index (χ1) is 12.9. The fourth-order valence-electron chi connectivity index (χ4n) is 2.24. The minimum absolute atomic E-state index is 0.480. The van der Waals surface area contributed by atoms with Crippen LogP contribution in [0.5, 0.6) is 0 Å². The number of rotatable bonds is 6. The monoisotopic (exact) mass is 482 g/mol. The summed E-state index contributed by atoms with van der Waals surface area (Å²) in [5.74, 6) is -53.9. The molecule has 0 heterocycles. The van der Waals surface area contributed by atoms with E-state index in [1.165, 1.54) is 0 Å². The molecule has 0 saturated heterocycles. The van der Waals surface area contributed by atoms with Crippen LogP contribution in [-0.2, 0) is 4.79 Å². The van der Waals surface area contributed by atoms with Crippen molar-refractivity contribution in [2.45, 2.75) is 61.0 Å². The number of allylic oxidation sites excluding steroid dienone is 2. The zero-order chi connectivity index (χ0) is 24.4. The van der Waals surface area contributed by atoms with Crippen LogP contribution < -0.4 is 0 Å². The van der Waals surface area contributed by atoms with E-state index >= 15 is 0 Å². The number of ketones is 1. The standard InChI is InChI=1S/C13H6F16O/c14-6(4-2-1-3-5(4)30)7(15,16)8(17,18)9(19,20)10(21,22)11(23,24)12(25,26)13(27,28)29/h1-3H2/b6-4-. The Morgan fingerprint density at radius 2 is 0.933 bits per heavy atom. The van der Waals surface area contributed by atoms with Crippen LogP contribution in [0.1, 0.15) is 19.3 Å². The topological polar surface area (TPSA) is 17.1 Å². The Labute approximate surface area is 154 Å². The van der Waals surface area contributed by atoms with Gasteiger partial charge in [0.25, 0.3) is 0 Å². The second-order valence-corrected chi connectivity index (χ2v) is 6.01. The number of carbonyl (C=O) groups excluding carboxylic acids is 1. The molecule has 0 N–H and O–H groups in total. The highest BCUT2D eigenvalue weighted by atomic mass is 19.4. The van der Waals surface area contributed by atoms with Gasteiger partial charge in [0.15, 0.2) is 11.6 Å². The zero-order valence-electron chi connectivity index (χ0n) is 13.6. The summed E-state index contributed by atoms with van der Waals surface area (Å²) < 4.78 is 208. The molecule has 1 rings (SSSR count). The van der Waals surface area contributed by atoms with Gasteiger partial charge in [-0.2, -0.15) is 65.9 Å². The molecule has 0 unspecified atom stereocenters. The maximum atomic E-state index is 13.6. The van der Waals surface area contributed by atoms with Crippen LogP contribution in [0, 0.1) is 0 Å². The summed E-state index contributed by atoms with van der Waals surface area (Å²) in [6, 6.07) is 0. The number of hydrogen-bond acceptors (Lipinski definition) is 1. The quantitative estimate of drug-likeness (QED) is 0.319. The van der Waals surface area contributed by atoms with Gasteiger partial charge in [0, 0.05) is 12.0 Å². The highest BCUT2D eigenvalue weighted by Crippen LogP contribution is 2.63. The third-order valence-corrected chi connectivity index (χ3v) is 4.04. The highest BCUT2D eigenvalue weighted by molar-refractivity contribution is 5.98. The van der Waals surface area contributed by atoms with Gasteiger partial charge >= 0.3 is 41.7 Å². The first-order valence-corrected chi connectivity index (χ1v) is 7.18. The second kappa shape index (κ2) is 6.90. The molecule has 1 fully saturated rings. The third-order valence-electron chi connectivity index (χ3n) is 4.04. The van der Waals surface area contributed by atoms with E-state index < -0.39 is 78.2 Å². The van der Waals surface area contributed by atoms with Gasteiger partial charge in [-0.15, -0.1) is 0 Å². The molecule has 0 aromatic rings. The lowest BCUT2D eigenvalue weighted by Crippen LogP contribution is -2.72. The van der Waals surface area contributed by atoms with Crippen molar-refractivity contribution in [2.24, 2.45) is 0 Å². The van der Waals surface area contributed by atoms with E-state index in [1.807, 2.05) is 0 Å². The van der Waals surface area contributed by atoms with Crippen LogP contribution in [0.4, 0.5) is 70.2 Å². The van der Waals surface area contributed by atoms with Crippen molar-refractivity contribution in [3.05, 3.63) is 11.4 Å². The molecule has 30 heavy (non-hydrogen) atoms. The van der Waals surface area contributed by atoms with E-state index in [0.29, 0.717) is 0 Å². The average Bonchev–Trinajstić information content (AvgIpc) is 2.97. The summed E-state index contributed by atoms with van der Waals surface area (Å²) in [5.41, 5.74) is -1.88. The molecule has 1 saturated carbocycles. The van der Waals surface area contributed by atoms with Crippen molar-refractivity contribution in [3.63, 3.8) is 0 Å². The lowest BCUT2D eigenvalue weighted by Gasteiger charge is -2.41. The van der Waals surface area contributed by atoms with Gasteiger partial charge in [-0.25, -0.2) is 4.39 Å². The maximum Gasteiger partial charge on any atom is 0.460 e. The summed E-state index contributed by atoms with van der Waals surface area (Å²) in [5, 5.41) is 0. The molecule has 0 aromatic heterocycles. The number of halogens is 16. The SMILES string of the molecule is O=C1CCC/C1=C(/F)C(F)(F)C(F)(F)C(F)(F)C(F)(F)C(F)(F)C(F)(F)C(F)(F)F. The van der Waals surface area contributed by atoms with Crippen molar-refractivity contribution < 1.29 is 75.0 Å². The molecule has 0 amide bonds. The van der Waals surface area contributed by atoms with Crippen LogP contribution in [0.15, 0.2) is 11.4 Å². The summed E-state index contributed by atoms with van der Waals surface area (Å²) >= 11 is 0. The number of Topliss-reactive ketones (excluding diaryl/α,β-unsaturated/α-hetero) is 1. The average molecular weight is 482 g/mol. The van der Waals surface area contributed by atoms with E-state index in [2.05, 4.69) is 0 Å². The molecule has 1 aliphatic rings. The first kappa shape index (κ1) is 26.3. The second-order valence-electron chi connectivity index (χ2n) is 6.01. The van der Waals surface area contributed by atoms with Gasteiger partial charge < -0.3 is 0 Å². The smallest absolute Gasteiger partial charge is 0.294 e. The van der Waals surface area contributed by atoms with Gasteiger partial charge in [0.05, 0.1) is 0 Å². The molecular formula is C13H6F16O. The molecule has 17 heteroatoms. The maximum absolute atomic E-state index is 13.6. The van der Waals surface area contributed by atoms with Crippen LogP contribution in [0.25, 0.3) is 0 Å². The highest BCUT2D eigenvalue weighted by Gasteiger charge is 2.93. The third kappa shape index (κ3) is 3.22. The van der Waals surface area contributed by atoms with Gasteiger partial charge in [-0.1, -0.05) is 0 Å². The fourth-order valence-corrected chi connectivity index (χ4v) is 2.24. The molecule has 0 radical (unpaired) electrons. The minimum Gasteiger partial charge on any atom is -0.294 e. The molecule has 176 valence electrons. The summed E-state index contributed by atoms with van der Waals surface area (Å²) in [7, 11) is 0. The van der Waals surface area contributed by atoms with Crippen LogP contribution in [0.2, 0.25) is 0 Å². The lowest BCUT2D eigenvalue weighted by atomic mass is 9.90. The summed E-state index contributed by atoms with van der Waals surface area (Å²) in [4.78, 5) is 11.1. The predicted octanol–water partition coefficient (Wildman–Crippen LogP) is 6.34. The molecule has 1 aliphatic carbocycles. The predicted molar refractivity (Wildman–Crippen MR) is 62.7 cm³/mol. The molecule has 1 nitrogen and oxygen atoms in total. The molecule has 0 spiro atoms. The molecular weight excluding hydrogens is 476 g/mol. The zero-order valence-corrected chi connectivity index (χ0v) is 13.6. The Hall–Kier alpha value is -1.71. The normalized spacial score (nSPS) is 20.1. The van der Waals surface area contributed by atoms with Crippen molar-refractivity contribution in [1.29, 1.82) is 0 Å². The number of carbonyl (C=O) groups is 1. The van der Waals surface area contributed by atoms with Gasteiger partial charge in [-0.05, 0) is 12.8 Å². The largest absolute Gasteiger partial charge is 0.460 e. The lowest BCUT2D eigenvalue weighted by molar-refractivity contribution is -0.450. The Morgan fingerprint density at radius 1 is 0.567 bits per heavy atom. The number of alkyl halides is 15. The van der Waals surface area contributed by atoms with Gasteiger partial charge in [-0.3, -0.25) is 4.79 Å². The summed E-state index contributed by atoms with van der Waals surface area (Å²) in [6.07, 6.45) is -10.0. The van der Waals surface area contributed by atoms with E-state index in [4.69, 9.17) is 0 Å². The van der Waals surface area contributed by atoms with Crippen molar-refractivity contribution in [3.8, 4) is 0 Å². The Balaban J connectivity index is 3.65. The van der Waals surface area contributed by atoms with E-state index in [9.17, 15) is 75.0 Å². The summed E-state index contributed by atoms with van der Waals surface area (Å²) in [6.45, 7) is 0. The van der Waals surface area contributed by atoms with E-state index in [0.717, 1.165) is 0 Å². The molecule has 0 atom stereocenters. The molecule has 0 aliphatic heterocycles. The van der Waals surface area contributed by atoms with Crippen LogP contribution in [0.3, 0.4) is 0 Å². The molecule has 0 bridgehead atoms. The van der Waals surface area contributed by atoms with Gasteiger partial charge in [0.1, 0.15) is 0 Å². The van der Waals surface area contributed by atoms with Crippen LogP contribution >= 0.6 is 0 Å². The van der Waals surface area contributed by atoms with E-state index in [-0.39, 0.29) is 0 Å². The van der Waals surface area contributed by atoms with E-state index in [1.54, 1.807) is 0 Å². The van der Waals surface area contributed by atoms with Gasteiger partial charge in [0.2, 0.25) is 0 Å². The Bertz CT molecular complexity index is 728. The van der Waals surface area contributed by atoms with Crippen LogP contribution in [-0.4, -0.2) is 47.5 Å². The van der Waals surface area contributed by atoms with Crippen molar-refractivity contribution in [1.82, 2.24) is 0 Å². The Kier molecular flexibility index (Phi) is 6.05. The minimum atomic E-state index is -8.49. The molecule has 0 aromatic carbocycles. The fraction of sp³-hybridized carbons (Fsp3) is 0.769. The Morgan fingerprint density at radius 3 is 1.27 bits per heavy atom.